The van der Waals surface area contributed by atoms with E-state index >= 15 is 0 Å². The fraction of sp³-hybridized carbons (Fsp3) is 0.333. The molecule has 2 aromatic carbocycles. The van der Waals surface area contributed by atoms with Crippen molar-refractivity contribution in [3.05, 3.63) is 59.7 Å². The molecule has 0 aliphatic carbocycles. The number of hydrogen-bond donors (Lipinski definition) is 4. The van der Waals surface area contributed by atoms with Crippen molar-refractivity contribution in [2.75, 3.05) is 35.5 Å². The maximum Gasteiger partial charge on any atom is 0.319 e. The molecule has 0 unspecified atom stereocenters. The van der Waals surface area contributed by atoms with E-state index in [9.17, 15) is 9.59 Å². The first-order valence-electron chi connectivity index (χ1n) is 9.50. The summed E-state index contributed by atoms with van der Waals surface area (Å²) in [6.45, 7) is 1.07. The normalized spacial score (nSPS) is 10.3. The van der Waals surface area contributed by atoms with Crippen LogP contribution in [0.2, 0.25) is 0 Å². The van der Waals surface area contributed by atoms with Gasteiger partial charge in [0.1, 0.15) is 0 Å². The second-order valence-electron chi connectivity index (χ2n) is 6.42. The van der Waals surface area contributed by atoms with Crippen molar-refractivity contribution in [2.45, 2.75) is 19.3 Å². The highest BCUT2D eigenvalue weighted by Gasteiger charge is 2.05. The number of rotatable bonds is 10. The highest BCUT2D eigenvalue weighted by atomic mass is 35.5. The molecule has 6 nitrogen and oxygen atoms in total. The van der Waals surface area contributed by atoms with Gasteiger partial charge in [0, 0.05) is 36.2 Å². The standard InChI is InChI=1S/C21H26Cl2N4O2/c22-9-3-11-24-20(28)26-18-7-1-5-16(14-18)13-17-6-2-8-19(15-17)27-21(29)25-12-4-10-23/h1-2,5-8,14-15H,3-4,9-13H2,(H2,24,26,28)(H2,25,27,29). The van der Waals surface area contributed by atoms with E-state index in [-0.39, 0.29) is 12.1 Å². The van der Waals surface area contributed by atoms with Crippen molar-refractivity contribution in [3.8, 4) is 0 Å². The van der Waals surface area contributed by atoms with Gasteiger partial charge in [0.2, 0.25) is 0 Å². The molecular formula is C21H26Cl2N4O2. The molecule has 0 aromatic heterocycles. The predicted octanol–water partition coefficient (Wildman–Crippen LogP) is 4.78. The van der Waals surface area contributed by atoms with Gasteiger partial charge in [-0.25, -0.2) is 9.59 Å². The minimum atomic E-state index is -0.251. The zero-order chi connectivity index (χ0) is 20.9. The van der Waals surface area contributed by atoms with Crippen LogP contribution in [0, 0.1) is 0 Å². The molecule has 8 heteroatoms. The van der Waals surface area contributed by atoms with Gasteiger partial charge < -0.3 is 21.3 Å². The Labute approximate surface area is 181 Å². The lowest BCUT2D eigenvalue weighted by molar-refractivity contribution is 0.251. The first-order valence-corrected chi connectivity index (χ1v) is 10.6. The molecule has 4 amide bonds. The Morgan fingerprint density at radius 1 is 0.724 bits per heavy atom. The van der Waals surface area contributed by atoms with Gasteiger partial charge in [0.25, 0.3) is 0 Å². The molecule has 0 spiro atoms. The molecule has 0 saturated carbocycles. The number of halogens is 2. The third-order valence-electron chi connectivity index (χ3n) is 3.97. The number of nitrogens with one attached hydrogen (secondary N) is 4. The number of benzene rings is 2. The lowest BCUT2D eigenvalue weighted by Gasteiger charge is -2.10. The largest absolute Gasteiger partial charge is 0.338 e. The number of carbonyl (C=O) groups is 2. The molecule has 0 atom stereocenters. The number of alkyl halides is 2. The summed E-state index contributed by atoms with van der Waals surface area (Å²) in [6, 6.07) is 14.8. The molecule has 0 radical (unpaired) electrons. The van der Waals surface area contributed by atoms with E-state index in [1.54, 1.807) is 0 Å². The van der Waals surface area contributed by atoms with E-state index in [4.69, 9.17) is 23.2 Å². The monoisotopic (exact) mass is 436 g/mol. The number of urea groups is 2. The summed E-state index contributed by atoms with van der Waals surface area (Å²) >= 11 is 11.2. The fourth-order valence-electron chi connectivity index (χ4n) is 2.64. The Morgan fingerprint density at radius 3 is 1.59 bits per heavy atom. The average Bonchev–Trinajstić information content (AvgIpc) is 2.69. The molecule has 0 bridgehead atoms. The topological polar surface area (TPSA) is 82.3 Å². The van der Waals surface area contributed by atoms with Gasteiger partial charge >= 0.3 is 12.1 Å². The van der Waals surface area contributed by atoms with Crippen LogP contribution >= 0.6 is 23.2 Å². The molecule has 0 aliphatic heterocycles. The number of anilines is 2. The van der Waals surface area contributed by atoms with Crippen LogP contribution in [0.3, 0.4) is 0 Å². The zero-order valence-electron chi connectivity index (χ0n) is 16.1. The summed E-state index contributed by atoms with van der Waals surface area (Å²) in [6.07, 6.45) is 2.13. The minimum Gasteiger partial charge on any atom is -0.338 e. The van der Waals surface area contributed by atoms with Gasteiger partial charge in [-0.1, -0.05) is 24.3 Å². The third-order valence-corrected chi connectivity index (χ3v) is 4.50. The van der Waals surface area contributed by atoms with Crippen molar-refractivity contribution in [1.29, 1.82) is 0 Å². The van der Waals surface area contributed by atoms with E-state index in [0.717, 1.165) is 35.3 Å². The summed E-state index contributed by atoms with van der Waals surface area (Å²) in [5, 5.41) is 11.2. The molecular weight excluding hydrogens is 411 g/mol. The van der Waals surface area contributed by atoms with Crippen LogP contribution < -0.4 is 21.3 Å². The van der Waals surface area contributed by atoms with E-state index in [1.165, 1.54) is 0 Å². The molecule has 2 aromatic rings. The minimum absolute atomic E-state index is 0.251. The Balaban J connectivity index is 1.92. The molecule has 2 rings (SSSR count). The molecule has 0 aliphatic rings. The average molecular weight is 437 g/mol. The third kappa shape index (κ3) is 9.07. The summed E-state index contributed by atoms with van der Waals surface area (Å²) in [5.74, 6) is 1.03. The van der Waals surface area contributed by atoms with Crippen molar-refractivity contribution in [1.82, 2.24) is 10.6 Å². The van der Waals surface area contributed by atoms with Crippen molar-refractivity contribution >= 4 is 46.6 Å². The van der Waals surface area contributed by atoms with E-state index in [2.05, 4.69) is 21.3 Å². The van der Waals surface area contributed by atoms with Crippen LogP contribution in [-0.4, -0.2) is 36.9 Å². The van der Waals surface area contributed by atoms with Gasteiger partial charge in [0.05, 0.1) is 0 Å². The first kappa shape index (κ1) is 22.8. The van der Waals surface area contributed by atoms with Gasteiger partial charge in [0.15, 0.2) is 0 Å². The smallest absolute Gasteiger partial charge is 0.319 e. The Bertz CT molecular complexity index is 736. The van der Waals surface area contributed by atoms with E-state index in [1.807, 2.05) is 48.5 Å². The second kappa shape index (κ2) is 12.9. The number of carbonyl (C=O) groups excluding carboxylic acids is 2. The van der Waals surface area contributed by atoms with Gasteiger partial charge in [-0.15, -0.1) is 23.2 Å². The summed E-state index contributed by atoms with van der Waals surface area (Å²) in [7, 11) is 0. The highest BCUT2D eigenvalue weighted by molar-refractivity contribution is 6.18. The van der Waals surface area contributed by atoms with Crippen molar-refractivity contribution < 1.29 is 9.59 Å². The quantitative estimate of drug-likeness (QED) is 0.319. The molecule has 0 saturated heterocycles. The van der Waals surface area contributed by atoms with Crippen molar-refractivity contribution in [2.24, 2.45) is 0 Å². The Morgan fingerprint density at radius 2 is 1.17 bits per heavy atom. The van der Waals surface area contributed by atoms with Crippen LogP contribution in [0.25, 0.3) is 0 Å². The van der Waals surface area contributed by atoms with Gasteiger partial charge in [-0.3, -0.25) is 0 Å². The summed E-state index contributed by atoms with van der Waals surface area (Å²) in [4.78, 5) is 23.8. The predicted molar refractivity (Wildman–Crippen MR) is 120 cm³/mol. The van der Waals surface area contributed by atoms with Crippen molar-refractivity contribution in [3.63, 3.8) is 0 Å². The molecule has 0 heterocycles. The maximum atomic E-state index is 11.9. The molecule has 4 N–H and O–H groups in total. The SMILES string of the molecule is O=C(NCCCCl)Nc1cccc(Cc2cccc(NC(=O)NCCCCl)c2)c1. The highest BCUT2D eigenvalue weighted by Crippen LogP contribution is 2.17. The Kier molecular flexibility index (Phi) is 10.2. The van der Waals surface area contributed by atoms with Crippen LogP contribution in [0.15, 0.2) is 48.5 Å². The molecule has 29 heavy (non-hydrogen) atoms. The lowest BCUT2D eigenvalue weighted by Crippen LogP contribution is -2.29. The van der Waals surface area contributed by atoms with Crippen LogP contribution in [-0.2, 0) is 6.42 Å². The second-order valence-corrected chi connectivity index (χ2v) is 7.18. The van der Waals surface area contributed by atoms with Crippen LogP contribution in [0.1, 0.15) is 24.0 Å². The van der Waals surface area contributed by atoms with Crippen LogP contribution in [0.4, 0.5) is 21.0 Å². The van der Waals surface area contributed by atoms with Crippen LogP contribution in [0.5, 0.6) is 0 Å². The van der Waals surface area contributed by atoms with E-state index < -0.39 is 0 Å². The van der Waals surface area contributed by atoms with E-state index in [0.29, 0.717) is 31.3 Å². The lowest BCUT2D eigenvalue weighted by atomic mass is 10.0. The number of amides is 4. The fourth-order valence-corrected chi connectivity index (χ4v) is 2.91. The molecule has 0 fully saturated rings. The Hall–Kier alpha value is -2.44. The summed E-state index contributed by atoms with van der Waals surface area (Å²) < 4.78 is 0. The maximum absolute atomic E-state index is 11.9. The van der Waals surface area contributed by atoms with Gasteiger partial charge in [-0.2, -0.15) is 0 Å². The number of hydrogen-bond acceptors (Lipinski definition) is 2. The summed E-state index contributed by atoms with van der Waals surface area (Å²) in [5.41, 5.74) is 3.54. The zero-order valence-corrected chi connectivity index (χ0v) is 17.7. The van der Waals surface area contributed by atoms with Gasteiger partial charge in [-0.05, 0) is 54.7 Å². The first-order chi connectivity index (χ1) is 14.1. The molecule has 156 valence electrons.